The molecule has 0 saturated carbocycles. The summed E-state index contributed by atoms with van der Waals surface area (Å²) in [5.41, 5.74) is 2.19. The third kappa shape index (κ3) is 6.08. The number of benzene rings is 3. The number of carbonyl (C=O) groups excluding carboxylic acids is 1. The van der Waals surface area contributed by atoms with Gasteiger partial charge in [-0.15, -0.1) is 10.2 Å². The van der Waals surface area contributed by atoms with Crippen molar-refractivity contribution in [2.75, 3.05) is 26.6 Å². The van der Waals surface area contributed by atoms with Crippen molar-refractivity contribution in [2.45, 2.75) is 13.0 Å². The van der Waals surface area contributed by atoms with Crippen molar-refractivity contribution < 1.29 is 28.2 Å². The van der Waals surface area contributed by atoms with Gasteiger partial charge >= 0.3 is 0 Å². The Morgan fingerprint density at radius 2 is 1.66 bits per heavy atom. The molecule has 180 valence electrons. The first-order valence-corrected chi connectivity index (χ1v) is 10.8. The average Bonchev–Trinajstić information content (AvgIpc) is 3.36. The van der Waals surface area contributed by atoms with Crippen LogP contribution in [0.4, 0.5) is 5.69 Å². The number of hydrogen-bond acceptors (Lipinski definition) is 8. The fraction of sp³-hybridized carbons (Fsp3) is 0.192. The highest BCUT2D eigenvalue weighted by Gasteiger charge is 2.11. The number of nitrogens with one attached hydrogen (secondary N) is 1. The smallest absolute Gasteiger partial charge is 0.254 e. The molecule has 0 spiro atoms. The van der Waals surface area contributed by atoms with Gasteiger partial charge in [0.15, 0.2) is 18.1 Å². The molecular weight excluding hydrogens is 450 g/mol. The van der Waals surface area contributed by atoms with Crippen molar-refractivity contribution in [2.24, 2.45) is 0 Å². The van der Waals surface area contributed by atoms with Gasteiger partial charge in [0.1, 0.15) is 11.5 Å². The standard InChI is InChI=1S/C26H25N3O6/c1-31-20-10-8-18(9-11-20)26-29-28-25(35-26)16-34-21-6-4-5-19(15-21)27-24(30)14-17-7-12-22(32-2)23(13-17)33-3/h4-13,15H,14,16H2,1-3H3,(H,27,30). The minimum absolute atomic E-state index is 0.0895. The van der Waals surface area contributed by atoms with Gasteiger partial charge < -0.3 is 28.7 Å². The molecule has 3 aromatic carbocycles. The fourth-order valence-electron chi connectivity index (χ4n) is 3.35. The molecule has 0 fully saturated rings. The van der Waals surface area contributed by atoms with E-state index in [1.165, 1.54) is 0 Å². The third-order valence-corrected chi connectivity index (χ3v) is 5.10. The highest BCUT2D eigenvalue weighted by Crippen LogP contribution is 2.28. The molecule has 0 bridgehead atoms. The van der Waals surface area contributed by atoms with Gasteiger partial charge in [-0.25, -0.2) is 0 Å². The van der Waals surface area contributed by atoms with Gasteiger partial charge in [-0.3, -0.25) is 4.79 Å². The summed E-state index contributed by atoms with van der Waals surface area (Å²) >= 11 is 0. The Labute approximate surface area is 202 Å². The number of methoxy groups -OCH3 is 3. The molecule has 1 amide bonds. The van der Waals surface area contributed by atoms with Crippen molar-refractivity contribution in [3.05, 3.63) is 78.2 Å². The van der Waals surface area contributed by atoms with Gasteiger partial charge in [-0.05, 0) is 54.1 Å². The number of rotatable bonds is 10. The monoisotopic (exact) mass is 475 g/mol. The number of aromatic nitrogens is 2. The van der Waals surface area contributed by atoms with Crippen LogP contribution in [-0.2, 0) is 17.8 Å². The minimum Gasteiger partial charge on any atom is -0.497 e. The first kappa shape index (κ1) is 23.6. The van der Waals surface area contributed by atoms with Crippen LogP contribution < -0.4 is 24.3 Å². The number of hydrogen-bond donors (Lipinski definition) is 1. The van der Waals surface area contributed by atoms with E-state index in [4.69, 9.17) is 23.4 Å². The zero-order chi connectivity index (χ0) is 24.6. The fourth-order valence-corrected chi connectivity index (χ4v) is 3.35. The number of amides is 1. The molecule has 0 atom stereocenters. The maximum Gasteiger partial charge on any atom is 0.254 e. The Morgan fingerprint density at radius 1 is 0.857 bits per heavy atom. The zero-order valence-electron chi connectivity index (χ0n) is 19.6. The molecular formula is C26H25N3O6. The van der Waals surface area contributed by atoms with Crippen LogP contribution in [0.3, 0.4) is 0 Å². The van der Waals surface area contributed by atoms with Crippen molar-refractivity contribution >= 4 is 11.6 Å². The van der Waals surface area contributed by atoms with Crippen molar-refractivity contribution in [3.63, 3.8) is 0 Å². The molecule has 4 rings (SSSR count). The Hall–Kier alpha value is -4.53. The van der Waals surface area contributed by atoms with E-state index in [1.807, 2.05) is 30.3 Å². The lowest BCUT2D eigenvalue weighted by atomic mass is 10.1. The second-order valence-corrected chi connectivity index (χ2v) is 7.46. The maximum absolute atomic E-state index is 12.5. The third-order valence-electron chi connectivity index (χ3n) is 5.10. The molecule has 0 radical (unpaired) electrons. The summed E-state index contributed by atoms with van der Waals surface area (Å²) in [7, 11) is 4.73. The quantitative estimate of drug-likeness (QED) is 0.357. The predicted molar refractivity (Wildman–Crippen MR) is 129 cm³/mol. The second-order valence-electron chi connectivity index (χ2n) is 7.46. The normalized spacial score (nSPS) is 10.5. The van der Waals surface area contributed by atoms with Crippen molar-refractivity contribution in [1.29, 1.82) is 0 Å². The van der Waals surface area contributed by atoms with Gasteiger partial charge in [0.05, 0.1) is 27.8 Å². The molecule has 9 nitrogen and oxygen atoms in total. The number of carbonyl (C=O) groups is 1. The lowest BCUT2D eigenvalue weighted by Crippen LogP contribution is -2.14. The highest BCUT2D eigenvalue weighted by molar-refractivity contribution is 5.92. The van der Waals surface area contributed by atoms with E-state index in [9.17, 15) is 4.79 Å². The molecule has 0 saturated heterocycles. The molecule has 9 heteroatoms. The molecule has 1 heterocycles. The number of anilines is 1. The van der Waals surface area contributed by atoms with E-state index in [1.54, 1.807) is 57.7 Å². The van der Waals surface area contributed by atoms with E-state index < -0.39 is 0 Å². The summed E-state index contributed by atoms with van der Waals surface area (Å²) in [6.07, 6.45) is 0.182. The SMILES string of the molecule is COc1ccc(-c2nnc(COc3cccc(NC(=O)Cc4ccc(OC)c(OC)c4)c3)o2)cc1. The number of ether oxygens (including phenoxy) is 4. The van der Waals surface area contributed by atoms with Crippen LogP contribution >= 0.6 is 0 Å². The van der Waals surface area contributed by atoms with Crippen molar-refractivity contribution in [3.8, 4) is 34.5 Å². The minimum atomic E-state index is -0.171. The van der Waals surface area contributed by atoms with Gasteiger partial charge in [0.2, 0.25) is 11.8 Å². The van der Waals surface area contributed by atoms with E-state index >= 15 is 0 Å². The van der Waals surface area contributed by atoms with E-state index in [0.717, 1.165) is 16.9 Å². The topological polar surface area (TPSA) is 105 Å². The lowest BCUT2D eigenvalue weighted by Gasteiger charge is -2.10. The largest absolute Gasteiger partial charge is 0.497 e. The molecule has 35 heavy (non-hydrogen) atoms. The van der Waals surface area contributed by atoms with E-state index in [2.05, 4.69) is 15.5 Å². The maximum atomic E-state index is 12.5. The molecule has 0 aliphatic carbocycles. The lowest BCUT2D eigenvalue weighted by molar-refractivity contribution is -0.115. The Balaban J connectivity index is 1.33. The van der Waals surface area contributed by atoms with E-state index in [0.29, 0.717) is 34.7 Å². The Morgan fingerprint density at radius 3 is 2.40 bits per heavy atom. The summed E-state index contributed by atoms with van der Waals surface area (Å²) in [6.45, 7) is 0.0895. The second kappa shape index (κ2) is 11.1. The first-order valence-electron chi connectivity index (χ1n) is 10.8. The van der Waals surface area contributed by atoms with Crippen LogP contribution in [0, 0.1) is 0 Å². The Kier molecular flexibility index (Phi) is 7.47. The summed E-state index contributed by atoms with van der Waals surface area (Å²) in [5.74, 6) is 3.03. The molecule has 0 aliphatic heterocycles. The van der Waals surface area contributed by atoms with Gasteiger partial charge in [0.25, 0.3) is 5.89 Å². The molecule has 1 aromatic heterocycles. The predicted octanol–water partition coefficient (Wildman–Crippen LogP) is 4.52. The average molecular weight is 476 g/mol. The van der Waals surface area contributed by atoms with Crippen LogP contribution in [0.2, 0.25) is 0 Å². The summed E-state index contributed by atoms with van der Waals surface area (Å²) in [6, 6.07) is 19.8. The Bertz CT molecular complexity index is 1290. The first-order chi connectivity index (χ1) is 17.1. The van der Waals surface area contributed by atoms with Gasteiger partial charge in [0, 0.05) is 17.3 Å². The molecule has 1 N–H and O–H groups in total. The highest BCUT2D eigenvalue weighted by atomic mass is 16.5. The van der Waals surface area contributed by atoms with Crippen LogP contribution in [0.1, 0.15) is 11.5 Å². The van der Waals surface area contributed by atoms with E-state index in [-0.39, 0.29) is 18.9 Å². The molecule has 0 unspecified atom stereocenters. The van der Waals surface area contributed by atoms with Gasteiger partial charge in [-0.2, -0.15) is 0 Å². The van der Waals surface area contributed by atoms with Crippen molar-refractivity contribution in [1.82, 2.24) is 10.2 Å². The van der Waals surface area contributed by atoms with Crippen LogP contribution in [0.25, 0.3) is 11.5 Å². The zero-order valence-corrected chi connectivity index (χ0v) is 19.6. The van der Waals surface area contributed by atoms with Crippen LogP contribution in [0.5, 0.6) is 23.0 Å². The summed E-state index contributed by atoms with van der Waals surface area (Å²) in [4.78, 5) is 12.5. The summed E-state index contributed by atoms with van der Waals surface area (Å²) in [5, 5.41) is 11.0. The molecule has 0 aliphatic rings. The van der Waals surface area contributed by atoms with Crippen LogP contribution in [0.15, 0.2) is 71.1 Å². The van der Waals surface area contributed by atoms with Gasteiger partial charge in [-0.1, -0.05) is 12.1 Å². The van der Waals surface area contributed by atoms with Crippen LogP contribution in [-0.4, -0.2) is 37.4 Å². The summed E-state index contributed by atoms with van der Waals surface area (Å²) < 4.78 is 27.1. The molecule has 4 aromatic rings. The number of nitrogens with zero attached hydrogens (tertiary/aromatic N) is 2.